The summed E-state index contributed by atoms with van der Waals surface area (Å²) in [7, 11) is 1.99. The lowest BCUT2D eigenvalue weighted by molar-refractivity contribution is -0.115. The summed E-state index contributed by atoms with van der Waals surface area (Å²) >= 11 is 1.37. The van der Waals surface area contributed by atoms with E-state index in [4.69, 9.17) is 0 Å². The summed E-state index contributed by atoms with van der Waals surface area (Å²) in [6.07, 6.45) is 2.90. The van der Waals surface area contributed by atoms with E-state index in [0.717, 1.165) is 23.5 Å². The highest BCUT2D eigenvalue weighted by Gasteiger charge is 2.24. The summed E-state index contributed by atoms with van der Waals surface area (Å²) in [6, 6.07) is 12.1. The van der Waals surface area contributed by atoms with E-state index in [2.05, 4.69) is 33.9 Å². The number of hydrogen-bond donors (Lipinski definition) is 1. The number of carbonyl (C=O) groups excluding carboxylic acids is 1. The van der Waals surface area contributed by atoms with Crippen molar-refractivity contribution in [3.8, 4) is 0 Å². The molecule has 0 aliphatic carbocycles. The predicted octanol–water partition coefficient (Wildman–Crippen LogP) is 3.79. The van der Waals surface area contributed by atoms with Crippen LogP contribution in [-0.4, -0.2) is 15.6 Å². The highest BCUT2D eigenvalue weighted by molar-refractivity contribution is 8.18. The van der Waals surface area contributed by atoms with E-state index in [1.54, 1.807) is 0 Å². The number of hydrogen-bond acceptors (Lipinski definition) is 3. The molecule has 1 N–H and O–H groups in total. The van der Waals surface area contributed by atoms with Crippen molar-refractivity contribution in [1.82, 2.24) is 9.88 Å². The van der Waals surface area contributed by atoms with Crippen LogP contribution < -0.4 is 5.32 Å². The lowest BCUT2D eigenvalue weighted by Crippen LogP contribution is -2.19. The van der Waals surface area contributed by atoms with Crippen LogP contribution in [0.3, 0.4) is 0 Å². The molecule has 1 amide bonds. The van der Waals surface area contributed by atoms with Crippen LogP contribution in [0.1, 0.15) is 23.9 Å². The standard InChI is InChI=1S/C18H19N3OS/c1-4-13-6-8-14(9-7-13)19-18-20-17(22)16(23-18)11-15-10-5-12(2)21(15)3/h5-11H,4H2,1-3H3,(H,19,20,22)/b16-11-. The van der Waals surface area contributed by atoms with E-state index in [9.17, 15) is 4.79 Å². The van der Waals surface area contributed by atoms with Crippen LogP contribution in [0.25, 0.3) is 6.08 Å². The average Bonchev–Trinajstić information content (AvgIpc) is 3.05. The van der Waals surface area contributed by atoms with Crippen molar-refractivity contribution in [2.45, 2.75) is 20.3 Å². The number of aryl methyl sites for hydroxylation is 2. The van der Waals surface area contributed by atoms with Gasteiger partial charge in [-0.15, -0.1) is 0 Å². The molecule has 5 heteroatoms. The fraction of sp³-hybridized carbons (Fsp3) is 0.222. The van der Waals surface area contributed by atoms with Gasteiger partial charge < -0.3 is 9.88 Å². The summed E-state index contributed by atoms with van der Waals surface area (Å²) in [6.45, 7) is 4.16. The van der Waals surface area contributed by atoms with Crippen LogP contribution >= 0.6 is 11.8 Å². The Bertz CT molecular complexity index is 800. The van der Waals surface area contributed by atoms with Gasteiger partial charge in [0.15, 0.2) is 5.17 Å². The second-order valence-electron chi connectivity index (χ2n) is 5.46. The van der Waals surface area contributed by atoms with Crippen LogP contribution in [0.5, 0.6) is 0 Å². The molecule has 2 heterocycles. The quantitative estimate of drug-likeness (QED) is 0.873. The molecule has 118 valence electrons. The molecule has 3 rings (SSSR count). The van der Waals surface area contributed by atoms with Gasteiger partial charge in [-0.3, -0.25) is 4.79 Å². The first-order valence-corrected chi connectivity index (χ1v) is 8.39. The van der Waals surface area contributed by atoms with Gasteiger partial charge in [0.25, 0.3) is 5.91 Å². The van der Waals surface area contributed by atoms with E-state index in [1.165, 1.54) is 17.3 Å². The Morgan fingerprint density at radius 1 is 1.22 bits per heavy atom. The van der Waals surface area contributed by atoms with Crippen LogP contribution in [0, 0.1) is 6.92 Å². The van der Waals surface area contributed by atoms with Crippen molar-refractivity contribution in [2.75, 3.05) is 0 Å². The van der Waals surface area contributed by atoms with Crippen LogP contribution in [0.2, 0.25) is 0 Å². The predicted molar refractivity (Wildman–Crippen MR) is 96.8 cm³/mol. The Kier molecular flexibility index (Phi) is 4.39. The molecule has 1 fully saturated rings. The molecule has 1 aliphatic heterocycles. The van der Waals surface area contributed by atoms with E-state index in [-0.39, 0.29) is 5.91 Å². The monoisotopic (exact) mass is 325 g/mol. The minimum Gasteiger partial charge on any atom is -0.348 e. The van der Waals surface area contributed by atoms with Crippen molar-refractivity contribution in [3.63, 3.8) is 0 Å². The number of amides is 1. The number of amidine groups is 1. The topological polar surface area (TPSA) is 46.4 Å². The molecular weight excluding hydrogens is 306 g/mol. The number of carbonyl (C=O) groups is 1. The number of rotatable bonds is 3. The maximum absolute atomic E-state index is 12.1. The van der Waals surface area contributed by atoms with Crippen molar-refractivity contribution >= 4 is 34.6 Å². The normalized spacial score (nSPS) is 18.0. The van der Waals surface area contributed by atoms with Crippen LogP contribution in [0.15, 0.2) is 46.3 Å². The van der Waals surface area contributed by atoms with Gasteiger partial charge in [0.1, 0.15) is 0 Å². The largest absolute Gasteiger partial charge is 0.348 e. The molecule has 0 atom stereocenters. The minimum absolute atomic E-state index is 0.0993. The molecule has 1 aromatic carbocycles. The second kappa shape index (κ2) is 6.46. The molecule has 0 unspecified atom stereocenters. The Morgan fingerprint density at radius 2 is 1.96 bits per heavy atom. The van der Waals surface area contributed by atoms with Gasteiger partial charge in [-0.1, -0.05) is 19.1 Å². The highest BCUT2D eigenvalue weighted by Crippen LogP contribution is 2.28. The molecule has 23 heavy (non-hydrogen) atoms. The van der Waals surface area contributed by atoms with Gasteiger partial charge in [-0.2, -0.15) is 0 Å². The van der Waals surface area contributed by atoms with Gasteiger partial charge >= 0.3 is 0 Å². The Hall–Kier alpha value is -2.27. The van der Waals surface area contributed by atoms with Crippen molar-refractivity contribution in [1.29, 1.82) is 0 Å². The molecule has 1 saturated heterocycles. The molecule has 1 aromatic heterocycles. The van der Waals surface area contributed by atoms with Gasteiger partial charge in [0.05, 0.1) is 10.6 Å². The summed E-state index contributed by atoms with van der Waals surface area (Å²) in [4.78, 5) is 17.3. The molecule has 0 bridgehead atoms. The fourth-order valence-electron chi connectivity index (χ4n) is 2.32. The average molecular weight is 325 g/mol. The zero-order valence-corrected chi connectivity index (χ0v) is 14.3. The fourth-order valence-corrected chi connectivity index (χ4v) is 3.14. The first kappa shape index (κ1) is 15.6. The van der Waals surface area contributed by atoms with Gasteiger partial charge in [-0.25, -0.2) is 4.99 Å². The lowest BCUT2D eigenvalue weighted by Gasteiger charge is -2.00. The zero-order chi connectivity index (χ0) is 16.4. The lowest BCUT2D eigenvalue weighted by atomic mass is 10.2. The van der Waals surface area contributed by atoms with Gasteiger partial charge in [0, 0.05) is 18.4 Å². The first-order valence-electron chi connectivity index (χ1n) is 7.57. The summed E-state index contributed by atoms with van der Waals surface area (Å²) in [5.41, 5.74) is 4.29. The molecular formula is C18H19N3OS. The third-order valence-corrected chi connectivity index (χ3v) is 4.83. The summed E-state index contributed by atoms with van der Waals surface area (Å²) in [5.74, 6) is -0.0993. The summed E-state index contributed by atoms with van der Waals surface area (Å²) < 4.78 is 2.06. The number of benzene rings is 1. The molecule has 1 aliphatic rings. The van der Waals surface area contributed by atoms with Gasteiger partial charge in [-0.05, 0) is 61.0 Å². The molecule has 2 aromatic rings. The van der Waals surface area contributed by atoms with Crippen molar-refractivity contribution in [2.24, 2.45) is 12.0 Å². The van der Waals surface area contributed by atoms with E-state index < -0.39 is 0 Å². The zero-order valence-electron chi connectivity index (χ0n) is 13.5. The number of thioether (sulfide) groups is 1. The minimum atomic E-state index is -0.0993. The molecule has 0 radical (unpaired) electrons. The maximum atomic E-state index is 12.1. The first-order chi connectivity index (χ1) is 11.1. The van der Waals surface area contributed by atoms with Crippen molar-refractivity contribution < 1.29 is 4.79 Å². The van der Waals surface area contributed by atoms with Crippen LogP contribution in [-0.2, 0) is 18.3 Å². The summed E-state index contributed by atoms with van der Waals surface area (Å²) in [5, 5.41) is 3.45. The Labute approximate surface area is 140 Å². The maximum Gasteiger partial charge on any atom is 0.264 e. The molecule has 4 nitrogen and oxygen atoms in total. The van der Waals surface area contributed by atoms with Crippen LogP contribution in [0.4, 0.5) is 5.69 Å². The highest BCUT2D eigenvalue weighted by atomic mass is 32.2. The van der Waals surface area contributed by atoms with Crippen molar-refractivity contribution in [3.05, 3.63) is 58.3 Å². The van der Waals surface area contributed by atoms with E-state index in [1.807, 2.05) is 44.3 Å². The smallest absolute Gasteiger partial charge is 0.264 e. The Morgan fingerprint density at radius 3 is 2.57 bits per heavy atom. The number of nitrogens with zero attached hydrogens (tertiary/aromatic N) is 2. The van der Waals surface area contributed by atoms with E-state index in [0.29, 0.717) is 10.1 Å². The SMILES string of the molecule is CCc1ccc(N=C2NC(=O)/C(=C/c3ccc(C)n3C)S2)cc1. The van der Waals surface area contributed by atoms with E-state index >= 15 is 0 Å². The number of nitrogens with one attached hydrogen (secondary N) is 1. The number of aliphatic imine (C=N–C) groups is 1. The van der Waals surface area contributed by atoms with Gasteiger partial charge in [0.2, 0.25) is 0 Å². The Balaban J connectivity index is 1.81. The number of aromatic nitrogens is 1. The molecule has 0 saturated carbocycles. The second-order valence-corrected chi connectivity index (χ2v) is 6.49. The molecule has 0 spiro atoms. The third-order valence-electron chi connectivity index (χ3n) is 3.92. The third kappa shape index (κ3) is 3.40.